The maximum Gasteiger partial charge on any atom is 0.403 e. The highest BCUT2D eigenvalue weighted by molar-refractivity contribution is 5.71. The van der Waals surface area contributed by atoms with Gasteiger partial charge in [-0.25, -0.2) is 0 Å². The Balaban J connectivity index is 2.46. The maximum atomic E-state index is 12.2. The summed E-state index contributed by atoms with van der Waals surface area (Å²) in [5.41, 5.74) is 0. The Hall–Kier alpha value is -1.64. The third-order valence-electron chi connectivity index (χ3n) is 1.89. The van der Waals surface area contributed by atoms with Gasteiger partial charge in [0.1, 0.15) is 0 Å². The number of hydrogen-bond acceptors (Lipinski definition) is 5. The normalized spacial score (nSPS) is 13.6. The van der Waals surface area contributed by atoms with Crippen LogP contribution in [0.25, 0.3) is 0 Å². The minimum atomic E-state index is -4.79. The van der Waals surface area contributed by atoms with Crippen LogP contribution in [-0.4, -0.2) is 33.9 Å². The van der Waals surface area contributed by atoms with Gasteiger partial charge in [0.15, 0.2) is 11.7 Å². The zero-order valence-electron chi connectivity index (χ0n) is 8.78. The fraction of sp³-hybridized carbons (Fsp3) is 0.625. The average molecular weight is 253 g/mol. The zero-order valence-corrected chi connectivity index (χ0v) is 8.78. The molecular formula is C8H10F3N3O3. The molecule has 0 bridgehead atoms. The van der Waals surface area contributed by atoms with Gasteiger partial charge in [0, 0.05) is 13.5 Å². The molecule has 9 heteroatoms. The maximum absolute atomic E-state index is 12.2. The van der Waals surface area contributed by atoms with Gasteiger partial charge in [-0.2, -0.15) is 18.2 Å². The van der Waals surface area contributed by atoms with Gasteiger partial charge in [-0.1, -0.05) is 5.16 Å². The van der Waals surface area contributed by atoms with E-state index in [1.807, 2.05) is 0 Å². The second kappa shape index (κ2) is 5.13. The number of nitrogens with one attached hydrogen (secondary N) is 1. The van der Waals surface area contributed by atoms with Crippen LogP contribution in [0.15, 0.2) is 4.52 Å². The van der Waals surface area contributed by atoms with Crippen molar-refractivity contribution in [2.75, 3.05) is 6.54 Å². The van der Waals surface area contributed by atoms with E-state index in [0.29, 0.717) is 0 Å². The molecule has 2 N–H and O–H groups in total. The first-order chi connectivity index (χ1) is 7.80. The third-order valence-corrected chi connectivity index (χ3v) is 1.89. The van der Waals surface area contributed by atoms with Crippen molar-refractivity contribution in [3.05, 3.63) is 11.7 Å². The van der Waals surface area contributed by atoms with E-state index in [2.05, 4.69) is 20.0 Å². The van der Waals surface area contributed by atoms with Gasteiger partial charge in [-0.05, 0) is 0 Å². The third kappa shape index (κ3) is 4.02. The number of carboxylic acids is 1. The lowest BCUT2D eigenvalue weighted by Crippen LogP contribution is -2.39. The molecule has 6 nitrogen and oxygen atoms in total. The van der Waals surface area contributed by atoms with Gasteiger partial charge >= 0.3 is 12.1 Å². The van der Waals surface area contributed by atoms with Crippen molar-refractivity contribution in [1.29, 1.82) is 0 Å². The number of hydrogen-bond donors (Lipinski definition) is 2. The smallest absolute Gasteiger partial charge is 0.403 e. The largest absolute Gasteiger partial charge is 0.481 e. The predicted molar refractivity (Wildman–Crippen MR) is 47.9 cm³/mol. The van der Waals surface area contributed by atoms with E-state index < -0.39 is 24.6 Å². The van der Waals surface area contributed by atoms with Crippen LogP contribution in [0.4, 0.5) is 13.2 Å². The fourth-order valence-corrected chi connectivity index (χ4v) is 1.08. The van der Waals surface area contributed by atoms with Crippen LogP contribution in [0.5, 0.6) is 0 Å². The minimum absolute atomic E-state index is 0.0861. The van der Waals surface area contributed by atoms with Crippen LogP contribution < -0.4 is 5.32 Å². The Morgan fingerprint density at radius 1 is 1.59 bits per heavy atom. The molecule has 0 saturated heterocycles. The molecule has 1 heterocycles. The molecule has 96 valence electrons. The summed E-state index contributed by atoms with van der Waals surface area (Å²) >= 11 is 0. The van der Waals surface area contributed by atoms with Crippen LogP contribution in [-0.2, 0) is 11.3 Å². The molecule has 1 atom stereocenters. The molecule has 0 aliphatic heterocycles. The van der Waals surface area contributed by atoms with E-state index in [1.165, 1.54) is 6.92 Å². The number of aryl methyl sites for hydroxylation is 1. The molecule has 0 aliphatic carbocycles. The number of halogens is 3. The van der Waals surface area contributed by atoms with Gasteiger partial charge in [0.2, 0.25) is 5.89 Å². The second-order valence-corrected chi connectivity index (χ2v) is 3.29. The van der Waals surface area contributed by atoms with Crippen LogP contribution in [0.1, 0.15) is 11.7 Å². The fourth-order valence-electron chi connectivity index (χ4n) is 1.08. The lowest BCUT2D eigenvalue weighted by molar-refractivity contribution is -0.192. The number of aromatic nitrogens is 2. The lowest BCUT2D eigenvalue weighted by atomic mass is 10.1. The van der Waals surface area contributed by atoms with Gasteiger partial charge in [0.25, 0.3) is 0 Å². The average Bonchev–Trinajstić information content (AvgIpc) is 2.56. The predicted octanol–water partition coefficient (Wildman–Crippen LogP) is 0.731. The van der Waals surface area contributed by atoms with Crippen molar-refractivity contribution in [3.63, 3.8) is 0 Å². The molecule has 1 rings (SSSR count). The molecule has 1 aromatic heterocycles. The lowest BCUT2D eigenvalue weighted by Gasteiger charge is -2.15. The molecule has 1 aromatic rings. The molecule has 0 aliphatic rings. The van der Waals surface area contributed by atoms with Gasteiger partial charge in [-0.15, -0.1) is 0 Å². The second-order valence-electron chi connectivity index (χ2n) is 3.29. The SMILES string of the molecule is Cc1nc(CNCC(C(=O)O)C(F)(F)F)no1. The van der Waals surface area contributed by atoms with Crippen molar-refractivity contribution in [2.45, 2.75) is 19.6 Å². The summed E-state index contributed by atoms with van der Waals surface area (Å²) in [7, 11) is 0. The molecule has 0 fully saturated rings. The van der Waals surface area contributed by atoms with E-state index in [4.69, 9.17) is 5.11 Å². The van der Waals surface area contributed by atoms with E-state index in [1.54, 1.807) is 0 Å². The molecule has 0 aromatic carbocycles. The monoisotopic (exact) mass is 253 g/mol. The first kappa shape index (κ1) is 13.4. The summed E-state index contributed by atoms with van der Waals surface area (Å²) in [6.45, 7) is 0.704. The number of aliphatic carboxylic acids is 1. The number of alkyl halides is 3. The Bertz CT molecular complexity index is 391. The summed E-state index contributed by atoms with van der Waals surface area (Å²) in [5.74, 6) is -3.91. The Labute approximate surface area is 93.8 Å². The highest BCUT2D eigenvalue weighted by atomic mass is 19.4. The molecule has 0 radical (unpaired) electrons. The van der Waals surface area contributed by atoms with Crippen LogP contribution in [0.3, 0.4) is 0 Å². The van der Waals surface area contributed by atoms with E-state index in [0.717, 1.165) is 0 Å². The molecule has 0 spiro atoms. The first-order valence-corrected chi connectivity index (χ1v) is 4.60. The Morgan fingerprint density at radius 3 is 2.65 bits per heavy atom. The number of carbonyl (C=O) groups is 1. The molecule has 0 amide bonds. The van der Waals surface area contributed by atoms with Crippen molar-refractivity contribution < 1.29 is 27.6 Å². The summed E-state index contributed by atoms with van der Waals surface area (Å²) < 4.78 is 41.3. The Morgan fingerprint density at radius 2 is 2.24 bits per heavy atom. The highest BCUT2D eigenvalue weighted by Gasteiger charge is 2.44. The number of carboxylic acid groups (broad SMARTS) is 1. The summed E-state index contributed by atoms with van der Waals surface area (Å²) in [6.07, 6.45) is -4.79. The molecule has 17 heavy (non-hydrogen) atoms. The molecular weight excluding hydrogens is 243 g/mol. The van der Waals surface area contributed by atoms with Gasteiger partial charge < -0.3 is 14.9 Å². The van der Waals surface area contributed by atoms with Crippen molar-refractivity contribution in [2.24, 2.45) is 5.92 Å². The highest BCUT2D eigenvalue weighted by Crippen LogP contribution is 2.25. The molecule has 1 unspecified atom stereocenters. The molecule has 0 saturated carbocycles. The number of rotatable bonds is 5. The van der Waals surface area contributed by atoms with Crippen LogP contribution in [0.2, 0.25) is 0 Å². The van der Waals surface area contributed by atoms with Crippen molar-refractivity contribution in [1.82, 2.24) is 15.5 Å². The summed E-state index contributed by atoms with van der Waals surface area (Å²) in [4.78, 5) is 14.1. The Kier molecular flexibility index (Phi) is 4.05. The summed E-state index contributed by atoms with van der Waals surface area (Å²) in [6, 6.07) is 0. The van der Waals surface area contributed by atoms with Crippen LogP contribution >= 0.6 is 0 Å². The zero-order chi connectivity index (χ0) is 13.1. The minimum Gasteiger partial charge on any atom is -0.481 e. The standard InChI is InChI=1S/C8H10F3N3O3/c1-4-13-6(14-17-4)3-12-2-5(7(15)16)8(9,10)11/h5,12H,2-3H2,1H3,(H,15,16). The van der Waals surface area contributed by atoms with Gasteiger partial charge in [-0.3, -0.25) is 4.79 Å². The first-order valence-electron chi connectivity index (χ1n) is 4.60. The van der Waals surface area contributed by atoms with Crippen LogP contribution in [0, 0.1) is 12.8 Å². The van der Waals surface area contributed by atoms with Crippen molar-refractivity contribution >= 4 is 5.97 Å². The van der Waals surface area contributed by atoms with E-state index >= 15 is 0 Å². The summed E-state index contributed by atoms with van der Waals surface area (Å²) in [5, 5.41) is 14.2. The van der Waals surface area contributed by atoms with Gasteiger partial charge in [0.05, 0.1) is 6.54 Å². The topological polar surface area (TPSA) is 88.2 Å². The van der Waals surface area contributed by atoms with E-state index in [9.17, 15) is 18.0 Å². The van der Waals surface area contributed by atoms with Crippen molar-refractivity contribution in [3.8, 4) is 0 Å². The number of nitrogens with zero attached hydrogens (tertiary/aromatic N) is 2. The quantitative estimate of drug-likeness (QED) is 0.804. The van der Waals surface area contributed by atoms with E-state index in [-0.39, 0.29) is 18.3 Å².